The number of anilines is 1. The molecule has 5 nitrogen and oxygen atoms in total. The number of nitrogens with zero attached hydrogens (tertiary/aromatic N) is 3. The molecule has 0 aliphatic carbocycles. The average molecular weight is 368 g/mol. The van der Waals surface area contributed by atoms with Crippen molar-refractivity contribution in [3.63, 3.8) is 0 Å². The average Bonchev–Trinajstić information content (AvgIpc) is 2.99. The van der Waals surface area contributed by atoms with E-state index < -0.39 is 5.82 Å². The van der Waals surface area contributed by atoms with Gasteiger partial charge in [0.1, 0.15) is 5.82 Å². The van der Waals surface area contributed by atoms with Gasteiger partial charge in [0, 0.05) is 50.9 Å². The van der Waals surface area contributed by atoms with Crippen molar-refractivity contribution in [1.29, 1.82) is 0 Å². The highest BCUT2D eigenvalue weighted by Crippen LogP contribution is 2.25. The van der Waals surface area contributed by atoms with E-state index >= 15 is 0 Å². The second-order valence-corrected chi connectivity index (χ2v) is 7.36. The van der Waals surface area contributed by atoms with Crippen molar-refractivity contribution in [1.82, 2.24) is 9.80 Å². The lowest BCUT2D eigenvalue weighted by molar-refractivity contribution is -0.136. The number of carbonyl (C=O) groups excluding carboxylic acids is 2. The molecule has 3 rings (SSSR count). The van der Waals surface area contributed by atoms with Gasteiger partial charge in [0.05, 0.1) is 10.9 Å². The maximum absolute atomic E-state index is 13.3. The molecule has 0 unspecified atom stereocenters. The summed E-state index contributed by atoms with van der Waals surface area (Å²) in [6, 6.07) is 4.81. The van der Waals surface area contributed by atoms with Crippen LogP contribution in [0.15, 0.2) is 18.2 Å². The largest absolute Gasteiger partial charge is 0.368 e. The molecule has 2 amide bonds. The first-order valence-electron chi connectivity index (χ1n) is 8.65. The van der Waals surface area contributed by atoms with Gasteiger partial charge >= 0.3 is 0 Å². The zero-order chi connectivity index (χ0) is 18.1. The fourth-order valence-corrected chi connectivity index (χ4v) is 3.70. The second-order valence-electron chi connectivity index (χ2n) is 6.95. The quantitative estimate of drug-likeness (QED) is 0.824. The summed E-state index contributed by atoms with van der Waals surface area (Å²) in [6.45, 7) is 6.99. The van der Waals surface area contributed by atoms with Crippen LogP contribution < -0.4 is 4.90 Å². The minimum Gasteiger partial charge on any atom is -0.368 e. The van der Waals surface area contributed by atoms with Crippen LogP contribution in [-0.4, -0.2) is 60.4 Å². The molecule has 2 aliphatic rings. The van der Waals surface area contributed by atoms with Crippen LogP contribution in [0.4, 0.5) is 10.1 Å². The molecule has 0 radical (unpaired) electrons. The zero-order valence-corrected chi connectivity index (χ0v) is 15.3. The zero-order valence-electron chi connectivity index (χ0n) is 14.5. The Bertz CT molecular complexity index is 674. The number of carbonyl (C=O) groups is 2. The predicted octanol–water partition coefficient (Wildman–Crippen LogP) is 2.38. The molecule has 1 aromatic carbocycles. The van der Waals surface area contributed by atoms with E-state index in [2.05, 4.69) is 4.90 Å². The van der Waals surface area contributed by atoms with E-state index in [1.165, 1.54) is 6.07 Å². The fraction of sp³-hybridized carbons (Fsp3) is 0.556. The lowest BCUT2D eigenvalue weighted by Gasteiger charge is -2.37. The molecular formula is C18H23ClFN3O2. The molecule has 1 aromatic rings. The highest BCUT2D eigenvalue weighted by molar-refractivity contribution is 6.31. The highest BCUT2D eigenvalue weighted by atomic mass is 35.5. The molecule has 7 heteroatoms. The van der Waals surface area contributed by atoms with E-state index in [0.717, 1.165) is 5.69 Å². The monoisotopic (exact) mass is 367 g/mol. The highest BCUT2D eigenvalue weighted by Gasteiger charge is 2.38. The third-order valence-electron chi connectivity index (χ3n) is 4.99. The molecule has 2 fully saturated rings. The predicted molar refractivity (Wildman–Crippen MR) is 95.2 cm³/mol. The molecule has 0 spiro atoms. The first kappa shape index (κ1) is 18.0. The number of amides is 2. The van der Waals surface area contributed by atoms with Crippen molar-refractivity contribution in [2.75, 3.05) is 37.6 Å². The lowest BCUT2D eigenvalue weighted by atomic mass is 10.1. The molecule has 25 heavy (non-hydrogen) atoms. The molecule has 1 atom stereocenters. The van der Waals surface area contributed by atoms with Crippen molar-refractivity contribution >= 4 is 29.1 Å². The Kier molecular flexibility index (Phi) is 5.18. The first-order valence-corrected chi connectivity index (χ1v) is 9.03. The van der Waals surface area contributed by atoms with Gasteiger partial charge < -0.3 is 14.7 Å². The van der Waals surface area contributed by atoms with Gasteiger partial charge in [-0.2, -0.15) is 0 Å². The van der Waals surface area contributed by atoms with E-state index in [1.807, 2.05) is 18.7 Å². The maximum atomic E-state index is 13.3. The summed E-state index contributed by atoms with van der Waals surface area (Å²) in [4.78, 5) is 30.4. The summed E-state index contributed by atoms with van der Waals surface area (Å²) in [5.41, 5.74) is 0.862. The molecule has 0 bridgehead atoms. The molecule has 2 heterocycles. The van der Waals surface area contributed by atoms with Crippen molar-refractivity contribution in [2.24, 2.45) is 5.92 Å². The Balaban J connectivity index is 1.58. The Morgan fingerprint density at radius 3 is 2.48 bits per heavy atom. The van der Waals surface area contributed by atoms with Gasteiger partial charge in [0.2, 0.25) is 11.8 Å². The Morgan fingerprint density at radius 2 is 1.92 bits per heavy atom. The van der Waals surface area contributed by atoms with Gasteiger partial charge in [-0.25, -0.2) is 4.39 Å². The normalized spacial score (nSPS) is 21.4. The minimum atomic E-state index is -0.431. The summed E-state index contributed by atoms with van der Waals surface area (Å²) in [6.07, 6.45) is 0.310. The first-order chi connectivity index (χ1) is 11.9. The SMILES string of the molecule is CC(C)N1C[C@@H](C(=O)N2CCN(c3ccc(F)c(Cl)c3)CC2)CC1=O. The summed E-state index contributed by atoms with van der Waals surface area (Å²) in [7, 11) is 0. The fourth-order valence-electron chi connectivity index (χ4n) is 3.52. The van der Waals surface area contributed by atoms with Crippen LogP contribution >= 0.6 is 11.6 Å². The van der Waals surface area contributed by atoms with Crippen LogP contribution in [-0.2, 0) is 9.59 Å². The van der Waals surface area contributed by atoms with Crippen LogP contribution in [0.3, 0.4) is 0 Å². The molecule has 136 valence electrons. The number of hydrogen-bond donors (Lipinski definition) is 0. The number of benzene rings is 1. The van der Waals surface area contributed by atoms with E-state index in [9.17, 15) is 14.0 Å². The summed E-state index contributed by atoms with van der Waals surface area (Å²) >= 11 is 5.85. The Labute approximate surface area is 152 Å². The number of likely N-dealkylation sites (tertiary alicyclic amines) is 1. The van der Waals surface area contributed by atoms with Crippen LogP contribution in [0.1, 0.15) is 20.3 Å². The summed E-state index contributed by atoms with van der Waals surface area (Å²) in [5, 5.41) is 0.106. The molecule has 0 aromatic heterocycles. The Hall–Kier alpha value is -1.82. The van der Waals surface area contributed by atoms with Gasteiger partial charge in [-0.3, -0.25) is 9.59 Å². The number of hydrogen-bond acceptors (Lipinski definition) is 3. The van der Waals surface area contributed by atoms with E-state index in [-0.39, 0.29) is 28.8 Å². The van der Waals surface area contributed by atoms with Gasteiger partial charge in [0.25, 0.3) is 0 Å². The summed E-state index contributed by atoms with van der Waals surface area (Å²) in [5.74, 6) is -0.539. The topological polar surface area (TPSA) is 43.9 Å². The van der Waals surface area contributed by atoms with E-state index in [4.69, 9.17) is 11.6 Å². The van der Waals surface area contributed by atoms with E-state index in [0.29, 0.717) is 39.1 Å². The lowest BCUT2D eigenvalue weighted by Crippen LogP contribution is -2.50. The van der Waals surface area contributed by atoms with Crippen molar-refractivity contribution < 1.29 is 14.0 Å². The van der Waals surface area contributed by atoms with Gasteiger partial charge in [-0.05, 0) is 32.0 Å². The smallest absolute Gasteiger partial charge is 0.228 e. The van der Waals surface area contributed by atoms with Crippen molar-refractivity contribution in [2.45, 2.75) is 26.3 Å². The maximum Gasteiger partial charge on any atom is 0.228 e. The van der Waals surface area contributed by atoms with Gasteiger partial charge in [0.15, 0.2) is 0 Å². The standard InChI is InChI=1S/C18H23ClFN3O2/c1-12(2)23-11-13(9-17(23)24)18(25)22-7-5-21(6-8-22)14-3-4-16(20)15(19)10-14/h3-4,10,12-13H,5-9,11H2,1-2H3/t13-/m0/s1. The third-order valence-corrected chi connectivity index (χ3v) is 5.28. The van der Waals surface area contributed by atoms with E-state index in [1.54, 1.807) is 17.0 Å². The van der Waals surface area contributed by atoms with Crippen molar-refractivity contribution in [3.05, 3.63) is 29.0 Å². The van der Waals surface area contributed by atoms with Gasteiger partial charge in [-0.1, -0.05) is 11.6 Å². The van der Waals surface area contributed by atoms with Gasteiger partial charge in [-0.15, -0.1) is 0 Å². The minimum absolute atomic E-state index is 0.0629. The molecule has 2 saturated heterocycles. The molecule has 2 aliphatic heterocycles. The number of piperazine rings is 1. The number of halogens is 2. The van der Waals surface area contributed by atoms with Crippen LogP contribution in [0.5, 0.6) is 0 Å². The van der Waals surface area contributed by atoms with Crippen LogP contribution in [0, 0.1) is 11.7 Å². The summed E-state index contributed by atoms with van der Waals surface area (Å²) < 4.78 is 13.3. The Morgan fingerprint density at radius 1 is 1.24 bits per heavy atom. The number of rotatable bonds is 3. The second kappa shape index (κ2) is 7.20. The van der Waals surface area contributed by atoms with Crippen LogP contribution in [0.2, 0.25) is 5.02 Å². The van der Waals surface area contributed by atoms with Crippen LogP contribution in [0.25, 0.3) is 0 Å². The molecule has 0 N–H and O–H groups in total. The third kappa shape index (κ3) is 3.73. The van der Waals surface area contributed by atoms with Crippen molar-refractivity contribution in [3.8, 4) is 0 Å². The molecule has 0 saturated carbocycles. The molecular weight excluding hydrogens is 345 g/mol.